The standard InChI is InChI=1S/C15H21NO4/c1-14-11(7-8-17)13(19)16-15(14,9-20-14)12(18)10-5-3-2-4-6-10/h3,5,8,10-12,18H,2,4,6-7,9H2,1H3,(H,16,19)/t10?,11-,12+,14-,15+/m0/s1. The highest BCUT2D eigenvalue weighted by Crippen LogP contribution is 2.52. The van der Waals surface area contributed by atoms with Crippen molar-refractivity contribution in [1.29, 1.82) is 0 Å². The molecule has 2 saturated heterocycles. The molecule has 5 nitrogen and oxygen atoms in total. The van der Waals surface area contributed by atoms with Gasteiger partial charge < -0.3 is 20.0 Å². The summed E-state index contributed by atoms with van der Waals surface area (Å²) in [6.45, 7) is 2.15. The van der Waals surface area contributed by atoms with E-state index in [-0.39, 0.29) is 18.2 Å². The zero-order valence-corrected chi connectivity index (χ0v) is 11.7. The molecule has 1 amide bonds. The maximum Gasteiger partial charge on any atom is 0.227 e. The van der Waals surface area contributed by atoms with Crippen LogP contribution in [0.1, 0.15) is 32.6 Å². The highest BCUT2D eigenvalue weighted by Gasteiger charge is 2.72. The van der Waals surface area contributed by atoms with E-state index in [0.717, 1.165) is 25.5 Å². The fraction of sp³-hybridized carbons (Fsp3) is 0.733. The van der Waals surface area contributed by atoms with E-state index in [1.807, 2.05) is 13.0 Å². The van der Waals surface area contributed by atoms with Gasteiger partial charge in [-0.25, -0.2) is 0 Å². The predicted octanol–water partition coefficient (Wildman–Crippen LogP) is 0.566. The molecule has 2 N–H and O–H groups in total. The monoisotopic (exact) mass is 279 g/mol. The van der Waals surface area contributed by atoms with Crippen molar-refractivity contribution < 1.29 is 19.4 Å². The van der Waals surface area contributed by atoms with Crippen LogP contribution in [0.15, 0.2) is 12.2 Å². The van der Waals surface area contributed by atoms with Crippen LogP contribution in [0, 0.1) is 11.8 Å². The average molecular weight is 279 g/mol. The molecule has 2 aliphatic heterocycles. The third kappa shape index (κ3) is 1.63. The van der Waals surface area contributed by atoms with Gasteiger partial charge in [-0.3, -0.25) is 4.79 Å². The van der Waals surface area contributed by atoms with E-state index in [1.54, 1.807) is 0 Å². The quantitative estimate of drug-likeness (QED) is 0.582. The summed E-state index contributed by atoms with van der Waals surface area (Å²) >= 11 is 0. The molecule has 3 aliphatic rings. The first-order valence-corrected chi connectivity index (χ1v) is 7.29. The van der Waals surface area contributed by atoms with Crippen LogP contribution in [-0.2, 0) is 14.3 Å². The fourth-order valence-electron chi connectivity index (χ4n) is 3.93. The predicted molar refractivity (Wildman–Crippen MR) is 71.9 cm³/mol. The van der Waals surface area contributed by atoms with Crippen molar-refractivity contribution in [3.8, 4) is 0 Å². The second-order valence-corrected chi connectivity index (χ2v) is 6.28. The lowest BCUT2D eigenvalue weighted by Gasteiger charge is -2.57. The molecule has 3 rings (SSSR count). The summed E-state index contributed by atoms with van der Waals surface area (Å²) in [7, 11) is 0. The van der Waals surface area contributed by atoms with Gasteiger partial charge in [0.15, 0.2) is 0 Å². The van der Waals surface area contributed by atoms with Crippen molar-refractivity contribution in [2.24, 2.45) is 11.8 Å². The molecule has 5 heteroatoms. The molecule has 0 radical (unpaired) electrons. The van der Waals surface area contributed by atoms with Gasteiger partial charge in [0.2, 0.25) is 5.91 Å². The minimum atomic E-state index is -0.782. The molecule has 2 fully saturated rings. The number of aldehydes is 1. The summed E-state index contributed by atoms with van der Waals surface area (Å²) in [6.07, 6.45) is 7.37. The number of ether oxygens (including phenoxy) is 1. The van der Waals surface area contributed by atoms with Crippen LogP contribution in [0.25, 0.3) is 0 Å². The number of rotatable bonds is 4. The first kappa shape index (κ1) is 13.8. The average Bonchev–Trinajstić information content (AvgIpc) is 2.61. The van der Waals surface area contributed by atoms with Gasteiger partial charge in [0.1, 0.15) is 17.4 Å². The Balaban J connectivity index is 1.88. The molecule has 2 heterocycles. The highest BCUT2D eigenvalue weighted by molar-refractivity contribution is 5.87. The van der Waals surface area contributed by atoms with E-state index in [9.17, 15) is 14.7 Å². The molecular weight excluding hydrogens is 258 g/mol. The van der Waals surface area contributed by atoms with E-state index in [1.165, 1.54) is 0 Å². The smallest absolute Gasteiger partial charge is 0.227 e. The zero-order chi connectivity index (χ0) is 14.4. The van der Waals surface area contributed by atoms with Gasteiger partial charge in [0.05, 0.1) is 18.6 Å². The highest BCUT2D eigenvalue weighted by atomic mass is 16.5. The minimum Gasteiger partial charge on any atom is -0.390 e. The third-order valence-corrected chi connectivity index (χ3v) is 5.35. The lowest BCUT2D eigenvalue weighted by Crippen LogP contribution is -2.77. The molecule has 0 aromatic carbocycles. The molecule has 110 valence electrons. The Morgan fingerprint density at radius 1 is 1.65 bits per heavy atom. The topological polar surface area (TPSA) is 75.6 Å². The number of hydrogen-bond donors (Lipinski definition) is 2. The van der Waals surface area contributed by atoms with E-state index in [2.05, 4.69) is 11.4 Å². The summed E-state index contributed by atoms with van der Waals surface area (Å²) < 4.78 is 5.67. The normalized spacial score (nSPS) is 44.4. The number of hydrogen-bond acceptors (Lipinski definition) is 4. The zero-order valence-electron chi connectivity index (χ0n) is 11.7. The molecule has 1 aliphatic carbocycles. The van der Waals surface area contributed by atoms with E-state index in [0.29, 0.717) is 6.61 Å². The first-order chi connectivity index (χ1) is 9.55. The van der Waals surface area contributed by atoms with Crippen molar-refractivity contribution in [3.05, 3.63) is 12.2 Å². The number of allylic oxidation sites excluding steroid dienone is 1. The molecule has 1 unspecified atom stereocenters. The maximum atomic E-state index is 12.1. The van der Waals surface area contributed by atoms with Crippen molar-refractivity contribution in [1.82, 2.24) is 5.32 Å². The minimum absolute atomic E-state index is 0.0438. The van der Waals surface area contributed by atoms with Crippen LogP contribution in [0.3, 0.4) is 0 Å². The van der Waals surface area contributed by atoms with E-state index >= 15 is 0 Å². The third-order valence-electron chi connectivity index (χ3n) is 5.35. The lowest BCUT2D eigenvalue weighted by atomic mass is 9.65. The molecule has 20 heavy (non-hydrogen) atoms. The van der Waals surface area contributed by atoms with Gasteiger partial charge in [-0.1, -0.05) is 12.2 Å². The fourth-order valence-corrected chi connectivity index (χ4v) is 3.93. The summed E-state index contributed by atoms with van der Waals surface area (Å²) in [6, 6.07) is 0. The Labute approximate surface area is 118 Å². The van der Waals surface area contributed by atoms with Crippen LogP contribution in [0.2, 0.25) is 0 Å². The number of carbonyl (C=O) groups is 2. The Hall–Kier alpha value is -1.20. The molecular formula is C15H21NO4. The van der Waals surface area contributed by atoms with Crippen molar-refractivity contribution in [3.63, 3.8) is 0 Å². The Kier molecular flexibility index (Phi) is 3.21. The Morgan fingerprint density at radius 3 is 3.00 bits per heavy atom. The molecule has 0 aromatic heterocycles. The SMILES string of the molecule is C[C@@]12OC[C@]1([C@H](O)C1C=CCCC1)NC(=O)[C@@H]2CC=O. The van der Waals surface area contributed by atoms with Crippen molar-refractivity contribution in [2.75, 3.05) is 6.61 Å². The Bertz CT molecular complexity index is 463. The van der Waals surface area contributed by atoms with Crippen LogP contribution in [0.5, 0.6) is 0 Å². The second kappa shape index (κ2) is 4.67. The Morgan fingerprint density at radius 2 is 2.45 bits per heavy atom. The number of amides is 1. The van der Waals surface area contributed by atoms with Gasteiger partial charge in [-0.05, 0) is 26.2 Å². The molecule has 0 spiro atoms. The van der Waals surface area contributed by atoms with Gasteiger partial charge >= 0.3 is 0 Å². The van der Waals surface area contributed by atoms with Crippen molar-refractivity contribution >= 4 is 12.2 Å². The van der Waals surface area contributed by atoms with Gasteiger partial charge in [-0.15, -0.1) is 0 Å². The second-order valence-electron chi connectivity index (χ2n) is 6.28. The number of aliphatic hydroxyl groups is 1. The van der Waals surface area contributed by atoms with E-state index < -0.39 is 23.2 Å². The number of nitrogens with one attached hydrogen (secondary N) is 1. The summed E-state index contributed by atoms with van der Waals surface area (Å²) in [5, 5.41) is 13.7. The van der Waals surface area contributed by atoms with Crippen LogP contribution in [-0.4, -0.2) is 41.2 Å². The molecule has 0 bridgehead atoms. The van der Waals surface area contributed by atoms with E-state index in [4.69, 9.17) is 4.74 Å². The lowest BCUT2D eigenvalue weighted by molar-refractivity contribution is -0.253. The van der Waals surface area contributed by atoms with Gasteiger partial charge in [0.25, 0.3) is 0 Å². The molecule has 0 aromatic rings. The number of fused-ring (bicyclic) bond motifs is 1. The van der Waals surface area contributed by atoms with Crippen LogP contribution < -0.4 is 5.32 Å². The number of aliphatic hydroxyl groups excluding tert-OH is 1. The largest absolute Gasteiger partial charge is 0.390 e. The van der Waals surface area contributed by atoms with Gasteiger partial charge in [-0.2, -0.15) is 0 Å². The van der Waals surface area contributed by atoms with Crippen molar-refractivity contribution in [2.45, 2.75) is 49.9 Å². The van der Waals surface area contributed by atoms with Crippen LogP contribution in [0.4, 0.5) is 0 Å². The molecule has 0 saturated carbocycles. The summed E-state index contributed by atoms with van der Waals surface area (Å²) in [5.41, 5.74) is -1.53. The maximum absolute atomic E-state index is 12.1. The summed E-state index contributed by atoms with van der Waals surface area (Å²) in [5.74, 6) is -0.644. The number of carbonyl (C=O) groups excluding carboxylic acids is 2. The summed E-state index contributed by atoms with van der Waals surface area (Å²) in [4.78, 5) is 22.9. The first-order valence-electron chi connectivity index (χ1n) is 7.29. The van der Waals surface area contributed by atoms with Gasteiger partial charge in [0, 0.05) is 12.3 Å². The molecule has 5 atom stereocenters. The van der Waals surface area contributed by atoms with Crippen LogP contribution >= 0.6 is 0 Å².